The van der Waals surface area contributed by atoms with Crippen molar-refractivity contribution in [1.29, 1.82) is 0 Å². The van der Waals surface area contributed by atoms with E-state index in [0.717, 1.165) is 34.8 Å². The minimum Gasteiger partial charge on any atom is -0.492 e. The summed E-state index contributed by atoms with van der Waals surface area (Å²) in [5.41, 5.74) is 2.80. The summed E-state index contributed by atoms with van der Waals surface area (Å²) in [5.74, 6) is 2.91. The number of carbonyl (C=O) groups is 1. The van der Waals surface area contributed by atoms with Crippen molar-refractivity contribution in [3.63, 3.8) is 0 Å². The maximum atomic E-state index is 12.5. The maximum absolute atomic E-state index is 12.5. The highest BCUT2D eigenvalue weighted by atomic mass is 16.7. The van der Waals surface area contributed by atoms with Gasteiger partial charge in [0.15, 0.2) is 11.5 Å². The van der Waals surface area contributed by atoms with Gasteiger partial charge in [-0.25, -0.2) is 0 Å². The fraction of sp³-hybridized carbons (Fsp3) is 0.381. The van der Waals surface area contributed by atoms with E-state index >= 15 is 0 Å². The topological polar surface area (TPSA) is 66.0 Å². The molecule has 0 spiro atoms. The number of fused-ring (bicyclic) bond motifs is 2. The van der Waals surface area contributed by atoms with Gasteiger partial charge in [-0.05, 0) is 44.0 Å². The van der Waals surface area contributed by atoms with Gasteiger partial charge < -0.3 is 24.3 Å². The SMILES string of the molecule is CCOc1cc2c(cc1NC(=O)CCc1ccc3c(c1)OCO3)O[C@@H](C)C2. The van der Waals surface area contributed by atoms with Gasteiger partial charge in [0, 0.05) is 24.5 Å². The van der Waals surface area contributed by atoms with Crippen LogP contribution in [0.15, 0.2) is 30.3 Å². The highest BCUT2D eigenvalue weighted by Gasteiger charge is 2.22. The van der Waals surface area contributed by atoms with E-state index in [0.29, 0.717) is 30.9 Å². The number of anilines is 1. The molecule has 2 aliphatic heterocycles. The van der Waals surface area contributed by atoms with E-state index in [1.54, 1.807) is 0 Å². The summed E-state index contributed by atoms with van der Waals surface area (Å²) in [6.07, 6.45) is 1.98. The molecule has 6 heteroatoms. The van der Waals surface area contributed by atoms with Crippen molar-refractivity contribution in [3.8, 4) is 23.0 Å². The third kappa shape index (κ3) is 3.79. The molecular weight excluding hydrogens is 346 g/mol. The van der Waals surface area contributed by atoms with Crippen LogP contribution in [0.4, 0.5) is 5.69 Å². The van der Waals surface area contributed by atoms with Crippen LogP contribution in [0.25, 0.3) is 0 Å². The fourth-order valence-corrected chi connectivity index (χ4v) is 3.38. The van der Waals surface area contributed by atoms with Crippen LogP contribution in [0.3, 0.4) is 0 Å². The second-order valence-electron chi connectivity index (χ2n) is 6.76. The molecule has 1 amide bonds. The molecule has 0 bridgehead atoms. The molecule has 4 rings (SSSR count). The van der Waals surface area contributed by atoms with Crippen LogP contribution in [-0.4, -0.2) is 25.4 Å². The smallest absolute Gasteiger partial charge is 0.231 e. The van der Waals surface area contributed by atoms with Gasteiger partial charge in [-0.3, -0.25) is 4.79 Å². The number of amides is 1. The number of benzene rings is 2. The second kappa shape index (κ2) is 7.39. The molecular formula is C21H23NO5. The van der Waals surface area contributed by atoms with Gasteiger partial charge in [0.2, 0.25) is 12.7 Å². The third-order valence-corrected chi connectivity index (χ3v) is 4.65. The van der Waals surface area contributed by atoms with Crippen LogP contribution in [0.2, 0.25) is 0 Å². The Morgan fingerprint density at radius 1 is 1.19 bits per heavy atom. The number of rotatable bonds is 6. The van der Waals surface area contributed by atoms with Gasteiger partial charge in [0.25, 0.3) is 0 Å². The Labute approximate surface area is 158 Å². The number of hydrogen-bond acceptors (Lipinski definition) is 5. The lowest BCUT2D eigenvalue weighted by Crippen LogP contribution is -2.13. The minimum atomic E-state index is -0.0698. The average molecular weight is 369 g/mol. The lowest BCUT2D eigenvalue weighted by Gasteiger charge is -2.13. The van der Waals surface area contributed by atoms with Crippen LogP contribution >= 0.6 is 0 Å². The lowest BCUT2D eigenvalue weighted by atomic mass is 10.1. The Morgan fingerprint density at radius 3 is 2.89 bits per heavy atom. The number of hydrogen-bond donors (Lipinski definition) is 1. The highest BCUT2D eigenvalue weighted by molar-refractivity contribution is 5.93. The predicted molar refractivity (Wildman–Crippen MR) is 101 cm³/mol. The van der Waals surface area contributed by atoms with E-state index in [1.807, 2.05) is 44.2 Å². The normalized spacial score (nSPS) is 16.6. The first kappa shape index (κ1) is 17.5. The Bertz CT molecular complexity index is 864. The molecule has 1 N–H and O–H groups in total. The quantitative estimate of drug-likeness (QED) is 0.841. The first-order valence-corrected chi connectivity index (χ1v) is 9.27. The molecule has 2 aliphatic rings. The number of aryl methyl sites for hydroxylation is 1. The largest absolute Gasteiger partial charge is 0.492 e. The van der Waals surface area contributed by atoms with Gasteiger partial charge in [-0.1, -0.05) is 6.07 Å². The summed E-state index contributed by atoms with van der Waals surface area (Å²) < 4.78 is 22.2. The molecule has 6 nitrogen and oxygen atoms in total. The monoisotopic (exact) mass is 369 g/mol. The maximum Gasteiger partial charge on any atom is 0.231 e. The van der Waals surface area contributed by atoms with Gasteiger partial charge >= 0.3 is 0 Å². The minimum absolute atomic E-state index is 0.0698. The van der Waals surface area contributed by atoms with Crippen molar-refractivity contribution in [3.05, 3.63) is 41.5 Å². The molecule has 0 fully saturated rings. The lowest BCUT2D eigenvalue weighted by molar-refractivity contribution is -0.116. The Morgan fingerprint density at radius 2 is 2.04 bits per heavy atom. The molecule has 27 heavy (non-hydrogen) atoms. The van der Waals surface area contributed by atoms with Crippen molar-refractivity contribution in [2.45, 2.75) is 39.2 Å². The van der Waals surface area contributed by atoms with Gasteiger partial charge in [-0.15, -0.1) is 0 Å². The molecule has 2 heterocycles. The molecule has 0 aromatic heterocycles. The third-order valence-electron chi connectivity index (χ3n) is 4.65. The second-order valence-corrected chi connectivity index (χ2v) is 6.76. The summed E-state index contributed by atoms with van der Waals surface area (Å²) in [7, 11) is 0. The molecule has 0 aliphatic carbocycles. The molecule has 2 aromatic carbocycles. The summed E-state index contributed by atoms with van der Waals surface area (Å²) >= 11 is 0. The molecule has 142 valence electrons. The van der Waals surface area contributed by atoms with Crippen LogP contribution in [0.1, 0.15) is 31.4 Å². The Kier molecular flexibility index (Phi) is 4.79. The van der Waals surface area contributed by atoms with Crippen LogP contribution in [-0.2, 0) is 17.6 Å². The van der Waals surface area contributed by atoms with Gasteiger partial charge in [0.05, 0.1) is 12.3 Å². The summed E-state index contributed by atoms with van der Waals surface area (Å²) in [5, 5.41) is 2.96. The summed E-state index contributed by atoms with van der Waals surface area (Å²) in [6, 6.07) is 9.59. The first-order chi connectivity index (χ1) is 13.1. The van der Waals surface area contributed by atoms with Crippen LogP contribution in [0.5, 0.6) is 23.0 Å². The number of carbonyl (C=O) groups excluding carboxylic acids is 1. The van der Waals surface area contributed by atoms with E-state index < -0.39 is 0 Å². The van der Waals surface area contributed by atoms with Crippen molar-refractivity contribution in [2.24, 2.45) is 0 Å². The predicted octanol–water partition coefficient (Wildman–Crippen LogP) is 3.71. The summed E-state index contributed by atoms with van der Waals surface area (Å²) in [6.45, 7) is 4.75. The molecule has 2 aromatic rings. The number of nitrogens with one attached hydrogen (secondary N) is 1. The Hall–Kier alpha value is -2.89. The standard InChI is InChI=1S/C21H23NO5/c1-3-24-19-10-15-8-13(2)27-18(15)11-16(19)22-21(23)7-5-14-4-6-17-20(9-14)26-12-25-17/h4,6,9-11,13H,3,5,7-8,12H2,1-2H3,(H,22,23)/t13-/m0/s1. The van der Waals surface area contributed by atoms with E-state index in [1.165, 1.54) is 0 Å². The first-order valence-electron chi connectivity index (χ1n) is 9.27. The molecule has 0 radical (unpaired) electrons. The zero-order valence-electron chi connectivity index (χ0n) is 15.5. The van der Waals surface area contributed by atoms with Gasteiger partial charge in [-0.2, -0.15) is 0 Å². The number of ether oxygens (including phenoxy) is 4. The van der Waals surface area contributed by atoms with E-state index in [-0.39, 0.29) is 18.8 Å². The van der Waals surface area contributed by atoms with Crippen LogP contribution in [0, 0.1) is 0 Å². The van der Waals surface area contributed by atoms with Crippen molar-refractivity contribution in [2.75, 3.05) is 18.7 Å². The van der Waals surface area contributed by atoms with Gasteiger partial charge in [0.1, 0.15) is 17.6 Å². The molecule has 0 unspecified atom stereocenters. The summed E-state index contributed by atoms with van der Waals surface area (Å²) in [4.78, 5) is 12.5. The van der Waals surface area contributed by atoms with E-state index in [4.69, 9.17) is 18.9 Å². The Balaban J connectivity index is 1.42. The van der Waals surface area contributed by atoms with E-state index in [2.05, 4.69) is 5.32 Å². The van der Waals surface area contributed by atoms with Crippen molar-refractivity contribution in [1.82, 2.24) is 0 Å². The highest BCUT2D eigenvalue weighted by Crippen LogP contribution is 2.38. The van der Waals surface area contributed by atoms with E-state index in [9.17, 15) is 4.79 Å². The average Bonchev–Trinajstić information content (AvgIpc) is 3.25. The van der Waals surface area contributed by atoms with Crippen molar-refractivity contribution < 1.29 is 23.7 Å². The molecule has 0 saturated heterocycles. The fourth-order valence-electron chi connectivity index (χ4n) is 3.38. The zero-order chi connectivity index (χ0) is 18.8. The zero-order valence-corrected chi connectivity index (χ0v) is 15.5. The van der Waals surface area contributed by atoms with Crippen molar-refractivity contribution >= 4 is 11.6 Å². The molecule has 1 atom stereocenters. The molecule has 0 saturated carbocycles. The van der Waals surface area contributed by atoms with Crippen LogP contribution < -0.4 is 24.3 Å².